The van der Waals surface area contributed by atoms with Gasteiger partial charge in [-0.3, -0.25) is 4.79 Å². The zero-order valence-corrected chi connectivity index (χ0v) is 25.0. The minimum atomic E-state index is -1.43. The summed E-state index contributed by atoms with van der Waals surface area (Å²) in [7, 11) is 0. The molecule has 0 fully saturated rings. The highest BCUT2D eigenvalue weighted by atomic mass is 16.8. The highest BCUT2D eigenvalue weighted by Gasteiger charge is 2.33. The number of hydrogen-bond acceptors (Lipinski definition) is 11. The first-order chi connectivity index (χ1) is 18.1. The van der Waals surface area contributed by atoms with Crippen LogP contribution in [-0.2, 0) is 23.7 Å². The minimum absolute atomic E-state index is 0.128. The summed E-state index contributed by atoms with van der Waals surface area (Å²) in [5.41, 5.74) is 4.33. The van der Waals surface area contributed by atoms with Gasteiger partial charge in [0.05, 0.1) is 13.2 Å². The summed E-state index contributed by atoms with van der Waals surface area (Å²) in [5.74, 6) is -3.28. The van der Waals surface area contributed by atoms with Crippen LogP contribution in [0.25, 0.3) is 0 Å². The van der Waals surface area contributed by atoms with Gasteiger partial charge in [-0.15, -0.1) is 0 Å². The monoisotopic (exact) mass is 569 g/mol. The van der Waals surface area contributed by atoms with Crippen molar-refractivity contribution in [2.45, 2.75) is 92.4 Å². The Kier molecular flexibility index (Phi) is 11.8. The molecule has 3 N–H and O–H groups in total. The van der Waals surface area contributed by atoms with Gasteiger partial charge < -0.3 is 39.3 Å². The van der Waals surface area contributed by atoms with Crippen molar-refractivity contribution in [1.29, 1.82) is 0 Å². The van der Waals surface area contributed by atoms with E-state index in [0.717, 1.165) is 0 Å². The predicted molar refractivity (Wildman–Crippen MR) is 144 cm³/mol. The molecule has 1 aromatic rings. The lowest BCUT2D eigenvalue weighted by Crippen LogP contribution is -2.40. The van der Waals surface area contributed by atoms with Crippen molar-refractivity contribution >= 4 is 24.4 Å². The van der Waals surface area contributed by atoms with Crippen LogP contribution < -0.4 is 15.2 Å². The van der Waals surface area contributed by atoms with E-state index in [9.17, 15) is 24.3 Å². The van der Waals surface area contributed by atoms with E-state index in [2.05, 4.69) is 0 Å². The Balaban J connectivity index is 3.35. The van der Waals surface area contributed by atoms with Crippen LogP contribution >= 0.6 is 0 Å². The third kappa shape index (κ3) is 13.0. The molecule has 12 nitrogen and oxygen atoms in total. The van der Waals surface area contributed by atoms with E-state index in [0.29, 0.717) is 5.56 Å². The average Bonchev–Trinajstić information content (AvgIpc) is 2.74. The number of carbonyl (C=O) groups is 4. The molecule has 0 saturated carbocycles. The van der Waals surface area contributed by atoms with Crippen molar-refractivity contribution in [2.24, 2.45) is 17.1 Å². The van der Waals surface area contributed by atoms with Crippen molar-refractivity contribution in [1.82, 2.24) is 0 Å². The van der Waals surface area contributed by atoms with Crippen molar-refractivity contribution in [3.8, 4) is 11.5 Å². The summed E-state index contributed by atoms with van der Waals surface area (Å²) in [6.45, 7) is 17.1. The second kappa shape index (κ2) is 13.7. The van der Waals surface area contributed by atoms with E-state index in [1.54, 1.807) is 48.5 Å². The zero-order valence-electron chi connectivity index (χ0n) is 25.0. The van der Waals surface area contributed by atoms with Crippen LogP contribution in [0.4, 0.5) is 14.4 Å². The summed E-state index contributed by atoms with van der Waals surface area (Å²) < 4.78 is 31.3. The maximum absolute atomic E-state index is 12.5. The maximum Gasteiger partial charge on any atom is 0.514 e. The Bertz CT molecular complexity index is 1050. The lowest BCUT2D eigenvalue weighted by Gasteiger charge is -2.28. The molecule has 0 heterocycles. The van der Waals surface area contributed by atoms with Crippen molar-refractivity contribution in [3.63, 3.8) is 0 Å². The second-order valence-electron chi connectivity index (χ2n) is 12.6. The summed E-state index contributed by atoms with van der Waals surface area (Å²) in [4.78, 5) is 48.7. The van der Waals surface area contributed by atoms with Gasteiger partial charge in [0.25, 0.3) is 0 Å². The number of rotatable bonds is 9. The number of nitrogens with two attached hydrogens (primary N) is 1. The summed E-state index contributed by atoms with van der Waals surface area (Å²) in [6, 6.07) is 2.65. The van der Waals surface area contributed by atoms with Gasteiger partial charge in [0.2, 0.25) is 0 Å². The van der Waals surface area contributed by atoms with Crippen LogP contribution in [0.15, 0.2) is 18.2 Å². The number of aliphatic carboxylic acids is 1. The van der Waals surface area contributed by atoms with Gasteiger partial charge in [-0.25, -0.2) is 14.4 Å². The first kappa shape index (κ1) is 34.5. The maximum atomic E-state index is 12.5. The minimum Gasteiger partial charge on any atom is -0.480 e. The van der Waals surface area contributed by atoms with E-state index in [4.69, 9.17) is 34.2 Å². The molecule has 0 aliphatic carbocycles. The number of carboxylic acids is 1. The van der Waals surface area contributed by atoms with E-state index < -0.39 is 53.5 Å². The van der Waals surface area contributed by atoms with Gasteiger partial charge in [-0.1, -0.05) is 33.8 Å². The molecular formula is C28H43NO11. The lowest BCUT2D eigenvalue weighted by atomic mass is 9.82. The predicted octanol–water partition coefficient (Wildman–Crippen LogP) is 5.65. The summed E-state index contributed by atoms with van der Waals surface area (Å²) in [6.07, 6.45) is -3.04. The molecule has 226 valence electrons. The van der Waals surface area contributed by atoms with Crippen molar-refractivity contribution in [2.75, 3.05) is 13.2 Å². The van der Waals surface area contributed by atoms with Gasteiger partial charge in [0.15, 0.2) is 11.5 Å². The summed E-state index contributed by atoms with van der Waals surface area (Å²) in [5, 5.41) is 9.69. The van der Waals surface area contributed by atoms with E-state index in [1.165, 1.54) is 18.2 Å². The van der Waals surface area contributed by atoms with Crippen LogP contribution in [0.5, 0.6) is 11.5 Å². The molecule has 1 aromatic carbocycles. The lowest BCUT2D eigenvalue weighted by molar-refractivity contribution is -0.139. The molecule has 3 atom stereocenters. The van der Waals surface area contributed by atoms with Crippen molar-refractivity contribution in [3.05, 3.63) is 23.8 Å². The fourth-order valence-electron chi connectivity index (χ4n) is 3.28. The molecule has 0 amide bonds. The molecular weight excluding hydrogens is 526 g/mol. The standard InChI is InChI=1S/C28H43NO11/c1-16(14-35-23(32)36-15-26(2,3)4)20(21(29)22(30)31)17-11-12-18(37-24(33)39-27(5,6)7)19(13-17)38-25(34)40-28(8,9)10/h11-13,16,20-21H,14-15,29H2,1-10H3,(H,30,31)/t16?,20?,21-/m0/s1. The highest BCUT2D eigenvalue weighted by molar-refractivity contribution is 5.75. The van der Waals surface area contributed by atoms with Crippen molar-refractivity contribution < 1.29 is 52.7 Å². The highest BCUT2D eigenvalue weighted by Crippen LogP contribution is 2.36. The molecule has 2 unspecified atom stereocenters. The molecule has 12 heteroatoms. The quantitative estimate of drug-likeness (QED) is 0.213. The van der Waals surface area contributed by atoms with E-state index >= 15 is 0 Å². The fourth-order valence-corrected chi connectivity index (χ4v) is 3.28. The summed E-state index contributed by atoms with van der Waals surface area (Å²) >= 11 is 0. The third-order valence-corrected chi connectivity index (χ3v) is 4.89. The van der Waals surface area contributed by atoms with Gasteiger partial charge in [-0.2, -0.15) is 0 Å². The second-order valence-corrected chi connectivity index (χ2v) is 12.6. The first-order valence-corrected chi connectivity index (χ1v) is 12.8. The molecule has 0 spiro atoms. The van der Waals surface area contributed by atoms with Gasteiger partial charge in [0.1, 0.15) is 17.2 Å². The molecule has 0 radical (unpaired) electrons. The normalized spacial score (nSPS) is 14.3. The van der Waals surface area contributed by atoms with Gasteiger partial charge in [-0.05, 0) is 70.6 Å². The molecule has 0 bridgehead atoms. The molecule has 0 saturated heterocycles. The van der Waals surface area contributed by atoms with E-state index in [-0.39, 0.29) is 30.1 Å². The van der Waals surface area contributed by atoms with Crippen LogP contribution in [0.2, 0.25) is 0 Å². The van der Waals surface area contributed by atoms with Crippen LogP contribution in [-0.4, -0.2) is 60.0 Å². The Morgan fingerprint density at radius 3 is 1.75 bits per heavy atom. The number of hydrogen-bond donors (Lipinski definition) is 2. The molecule has 0 aliphatic heterocycles. The largest absolute Gasteiger partial charge is 0.514 e. The molecule has 1 rings (SSSR count). The Morgan fingerprint density at radius 1 is 0.800 bits per heavy atom. The topological polar surface area (TPSA) is 170 Å². The fraction of sp³-hybridized carbons (Fsp3) is 0.643. The van der Waals surface area contributed by atoms with E-state index in [1.807, 2.05) is 20.8 Å². The molecule has 0 aromatic heterocycles. The number of carbonyl (C=O) groups excluding carboxylic acids is 3. The van der Waals surface area contributed by atoms with Crippen LogP contribution in [0.1, 0.15) is 80.7 Å². The van der Waals surface area contributed by atoms with Crippen LogP contribution in [0, 0.1) is 11.3 Å². The number of benzene rings is 1. The smallest absolute Gasteiger partial charge is 0.480 e. The Hall–Kier alpha value is -3.54. The third-order valence-electron chi connectivity index (χ3n) is 4.89. The SMILES string of the molecule is CC(COC(=O)OCC(C)(C)C)C(c1ccc(OC(=O)OC(C)(C)C)c(OC(=O)OC(C)(C)C)c1)[C@H](N)C(=O)O. The Morgan fingerprint density at radius 2 is 1.30 bits per heavy atom. The van der Waals surface area contributed by atoms with Gasteiger partial charge >= 0.3 is 24.4 Å². The number of carboxylic acid groups (broad SMARTS) is 1. The number of ether oxygens (including phenoxy) is 6. The first-order valence-electron chi connectivity index (χ1n) is 12.8. The zero-order chi connectivity index (χ0) is 31.1. The molecule has 40 heavy (non-hydrogen) atoms. The van der Waals surface area contributed by atoms with Gasteiger partial charge in [0, 0.05) is 5.92 Å². The Labute approximate surface area is 235 Å². The van der Waals surface area contributed by atoms with Crippen LogP contribution in [0.3, 0.4) is 0 Å². The molecule has 0 aliphatic rings. The average molecular weight is 570 g/mol.